The highest BCUT2D eigenvalue weighted by Crippen LogP contribution is 2.27. The Kier molecular flexibility index (Phi) is 4.45. The van der Waals surface area contributed by atoms with Gasteiger partial charge in [0.05, 0.1) is 13.5 Å². The van der Waals surface area contributed by atoms with Gasteiger partial charge in [0.25, 0.3) is 0 Å². The number of hydrogen-bond donors (Lipinski definition) is 1. The number of aryl methyl sites for hydroxylation is 2. The average Bonchev–Trinajstić information content (AvgIpc) is 3.14. The fourth-order valence-corrected chi connectivity index (χ4v) is 2.64. The molecule has 0 aliphatic rings. The van der Waals surface area contributed by atoms with E-state index >= 15 is 0 Å². The Bertz CT molecular complexity index is 1050. The number of amides is 1. The number of furan rings is 1. The molecule has 1 N–H and O–H groups in total. The molecule has 0 spiro atoms. The predicted octanol–water partition coefficient (Wildman–Crippen LogP) is 2.88. The van der Waals surface area contributed by atoms with Gasteiger partial charge in [0.2, 0.25) is 11.8 Å². The normalized spacial score (nSPS) is 10.5. The van der Waals surface area contributed by atoms with E-state index in [0.717, 1.165) is 10.9 Å². The van der Waals surface area contributed by atoms with E-state index < -0.39 is 11.9 Å². The smallest absolute Gasteiger partial charge is 0.342 e. The molecule has 2 aromatic heterocycles. The van der Waals surface area contributed by atoms with Crippen molar-refractivity contribution in [2.75, 3.05) is 12.4 Å². The van der Waals surface area contributed by atoms with Crippen LogP contribution >= 0.6 is 0 Å². The fourth-order valence-electron chi connectivity index (χ4n) is 2.64. The summed E-state index contributed by atoms with van der Waals surface area (Å²) in [5.74, 6) is -1.07. The van der Waals surface area contributed by atoms with Crippen LogP contribution in [0.2, 0.25) is 0 Å². The highest BCUT2D eigenvalue weighted by molar-refractivity contribution is 5.99. The van der Waals surface area contributed by atoms with E-state index in [1.54, 1.807) is 6.07 Å². The maximum Gasteiger partial charge on any atom is 0.342 e. The van der Waals surface area contributed by atoms with Gasteiger partial charge in [-0.25, -0.2) is 4.79 Å². The molecule has 0 aliphatic carbocycles. The van der Waals surface area contributed by atoms with Gasteiger partial charge in [-0.2, -0.15) is 5.26 Å². The van der Waals surface area contributed by atoms with Crippen LogP contribution < -0.4 is 5.32 Å². The molecule has 0 saturated heterocycles. The molecule has 0 saturated carbocycles. The third kappa shape index (κ3) is 3.02. The van der Waals surface area contributed by atoms with E-state index in [0.29, 0.717) is 11.3 Å². The summed E-state index contributed by atoms with van der Waals surface area (Å²) in [4.78, 5) is 24.1. The number of aromatic nitrogens is 1. The molecule has 0 unspecified atom stereocenters. The first-order valence-corrected chi connectivity index (χ1v) is 7.71. The van der Waals surface area contributed by atoms with Crippen molar-refractivity contribution in [3.8, 4) is 6.07 Å². The number of carbonyl (C=O) groups is 2. The second-order valence-electron chi connectivity index (χ2n) is 5.69. The van der Waals surface area contributed by atoms with E-state index in [1.165, 1.54) is 14.0 Å². The topological polar surface area (TPSA) is 118 Å². The number of carbonyl (C=O) groups excluding carboxylic acids is 2. The van der Waals surface area contributed by atoms with Crippen molar-refractivity contribution in [1.29, 1.82) is 5.26 Å². The summed E-state index contributed by atoms with van der Waals surface area (Å²) in [5.41, 5.74) is 1.98. The Hall–Kier alpha value is -3.60. The van der Waals surface area contributed by atoms with Gasteiger partial charge in [-0.15, -0.1) is 0 Å². The lowest BCUT2D eigenvalue weighted by Gasteiger charge is -2.01. The maximum absolute atomic E-state index is 12.4. The molecule has 8 heteroatoms. The summed E-state index contributed by atoms with van der Waals surface area (Å²) in [7, 11) is 1.20. The zero-order valence-corrected chi connectivity index (χ0v) is 14.4. The lowest BCUT2D eigenvalue weighted by molar-refractivity contribution is -0.115. The number of hydrogen-bond acceptors (Lipinski definition) is 7. The van der Waals surface area contributed by atoms with E-state index in [-0.39, 0.29) is 29.2 Å². The lowest BCUT2D eigenvalue weighted by Crippen LogP contribution is -2.15. The molecule has 2 heterocycles. The van der Waals surface area contributed by atoms with Crippen molar-refractivity contribution < 1.29 is 23.3 Å². The van der Waals surface area contributed by atoms with Gasteiger partial charge < -0.3 is 13.7 Å². The molecule has 132 valence electrons. The van der Waals surface area contributed by atoms with Crippen molar-refractivity contribution in [1.82, 2.24) is 5.16 Å². The Morgan fingerprint density at radius 3 is 2.81 bits per heavy atom. The second-order valence-corrected chi connectivity index (χ2v) is 5.69. The molecule has 1 aromatic carbocycles. The monoisotopic (exact) mass is 353 g/mol. The minimum absolute atomic E-state index is 0.00666. The molecule has 3 rings (SSSR count). The van der Waals surface area contributed by atoms with Crippen LogP contribution in [0.25, 0.3) is 11.0 Å². The fraction of sp³-hybridized carbons (Fsp3) is 0.222. The van der Waals surface area contributed by atoms with Crippen molar-refractivity contribution in [2.45, 2.75) is 20.3 Å². The first-order valence-electron chi connectivity index (χ1n) is 7.71. The summed E-state index contributed by atoms with van der Waals surface area (Å²) in [6.45, 7) is 3.44. The first kappa shape index (κ1) is 17.2. The van der Waals surface area contributed by atoms with Gasteiger partial charge in [0.1, 0.15) is 28.7 Å². The number of fused-ring (bicyclic) bond motifs is 1. The highest BCUT2D eigenvalue weighted by atomic mass is 16.5. The Morgan fingerprint density at radius 1 is 1.35 bits per heavy atom. The number of methoxy groups -OCH3 is 1. The van der Waals surface area contributed by atoms with Crippen LogP contribution in [-0.2, 0) is 16.0 Å². The second kappa shape index (κ2) is 6.72. The maximum atomic E-state index is 12.4. The molecular formula is C18H15N3O5. The third-order valence-corrected chi connectivity index (χ3v) is 3.87. The van der Waals surface area contributed by atoms with E-state index in [4.69, 9.17) is 8.94 Å². The van der Waals surface area contributed by atoms with Crippen LogP contribution in [0.3, 0.4) is 0 Å². The summed E-state index contributed by atoms with van der Waals surface area (Å²) in [5, 5.41) is 16.5. The van der Waals surface area contributed by atoms with Gasteiger partial charge >= 0.3 is 5.97 Å². The van der Waals surface area contributed by atoms with Crippen LogP contribution in [0.1, 0.15) is 32.9 Å². The minimum Gasteiger partial charge on any atom is -0.465 e. The molecule has 0 aliphatic heterocycles. The van der Waals surface area contributed by atoms with Crippen molar-refractivity contribution in [3.05, 3.63) is 46.3 Å². The number of nitrogens with one attached hydrogen (secondary N) is 1. The number of benzene rings is 1. The van der Waals surface area contributed by atoms with Crippen molar-refractivity contribution in [2.24, 2.45) is 0 Å². The van der Waals surface area contributed by atoms with Crippen LogP contribution in [0.4, 0.5) is 5.88 Å². The largest absolute Gasteiger partial charge is 0.465 e. The van der Waals surface area contributed by atoms with Gasteiger partial charge in [-0.1, -0.05) is 16.8 Å². The van der Waals surface area contributed by atoms with Gasteiger partial charge in [0.15, 0.2) is 5.58 Å². The zero-order valence-electron chi connectivity index (χ0n) is 14.4. The van der Waals surface area contributed by atoms with E-state index in [1.807, 2.05) is 25.1 Å². The molecule has 3 aromatic rings. The molecule has 1 amide bonds. The molecular weight excluding hydrogens is 338 g/mol. The van der Waals surface area contributed by atoms with Crippen molar-refractivity contribution >= 4 is 28.7 Å². The van der Waals surface area contributed by atoms with Crippen LogP contribution in [0.5, 0.6) is 0 Å². The number of anilines is 1. The molecule has 0 atom stereocenters. The number of nitrogens with zero attached hydrogens (tertiary/aromatic N) is 2. The van der Waals surface area contributed by atoms with Gasteiger partial charge in [0, 0.05) is 5.39 Å². The summed E-state index contributed by atoms with van der Waals surface area (Å²) < 4.78 is 15.2. The van der Waals surface area contributed by atoms with Crippen LogP contribution in [0.15, 0.2) is 27.1 Å². The summed E-state index contributed by atoms with van der Waals surface area (Å²) in [6, 6.07) is 7.40. The van der Waals surface area contributed by atoms with Gasteiger partial charge in [-0.3, -0.25) is 10.1 Å². The Morgan fingerprint density at radius 2 is 2.12 bits per heavy atom. The number of ether oxygens (including phenoxy) is 1. The molecule has 0 fully saturated rings. The molecule has 0 radical (unpaired) electrons. The Labute approximate surface area is 148 Å². The summed E-state index contributed by atoms with van der Waals surface area (Å²) >= 11 is 0. The lowest BCUT2D eigenvalue weighted by atomic mass is 10.1. The summed E-state index contributed by atoms with van der Waals surface area (Å²) in [6.07, 6.45) is -0.0748. The minimum atomic E-state index is -0.707. The van der Waals surface area contributed by atoms with Crippen molar-refractivity contribution in [3.63, 3.8) is 0 Å². The number of rotatable bonds is 4. The van der Waals surface area contributed by atoms with Crippen LogP contribution in [-0.4, -0.2) is 24.1 Å². The predicted molar refractivity (Wildman–Crippen MR) is 90.6 cm³/mol. The average molecular weight is 353 g/mol. The first-order chi connectivity index (χ1) is 12.4. The van der Waals surface area contributed by atoms with E-state index in [2.05, 4.69) is 15.2 Å². The van der Waals surface area contributed by atoms with Crippen LogP contribution in [0, 0.1) is 25.2 Å². The zero-order chi connectivity index (χ0) is 18.8. The van der Waals surface area contributed by atoms with E-state index in [9.17, 15) is 14.9 Å². The SMILES string of the molecule is COC(=O)c1c(C)oc(NC(=O)Cc2noc3ccc(C)cc23)c1C#N. The quantitative estimate of drug-likeness (QED) is 0.716. The number of esters is 1. The standard InChI is InChI=1S/C18H15N3O5/c1-9-4-5-14-11(6-9)13(21-26-14)7-15(22)20-17-12(8-19)16(10(2)25-17)18(23)24-3/h4-6H,7H2,1-3H3,(H,20,22). The third-order valence-electron chi connectivity index (χ3n) is 3.87. The molecule has 0 bridgehead atoms. The molecule has 8 nitrogen and oxygen atoms in total. The van der Waals surface area contributed by atoms with Gasteiger partial charge in [-0.05, 0) is 26.0 Å². The molecule has 26 heavy (non-hydrogen) atoms. The highest BCUT2D eigenvalue weighted by Gasteiger charge is 2.25. The Balaban J connectivity index is 1.85. The number of nitriles is 1.